The van der Waals surface area contributed by atoms with Crippen LogP contribution in [0.3, 0.4) is 0 Å². The maximum Gasteiger partial charge on any atom is 0.257 e. The summed E-state index contributed by atoms with van der Waals surface area (Å²) >= 11 is 1.32. The minimum atomic E-state index is -0.946. The number of carbonyl (C=O) groups is 1. The summed E-state index contributed by atoms with van der Waals surface area (Å²) in [6, 6.07) is 16.8. The SMILES string of the molecule is CS(=O)Cc1cccc(C(=O)Nc2nnc(-c3ccccc3)s2)c1. The Bertz CT molecular complexity index is 878. The Morgan fingerprint density at radius 2 is 1.92 bits per heavy atom. The quantitative estimate of drug-likeness (QED) is 0.760. The summed E-state index contributed by atoms with van der Waals surface area (Å²) in [6.07, 6.45) is 1.64. The molecule has 0 aliphatic heterocycles. The Hall–Kier alpha value is -2.38. The molecule has 0 aliphatic rings. The number of nitrogens with one attached hydrogen (secondary N) is 1. The molecule has 3 aromatic rings. The number of aromatic nitrogens is 2. The van der Waals surface area contributed by atoms with Crippen LogP contribution in [0.25, 0.3) is 10.6 Å². The zero-order valence-corrected chi connectivity index (χ0v) is 14.6. The Kier molecular flexibility index (Phi) is 5.12. The fraction of sp³-hybridized carbons (Fsp3) is 0.118. The number of hydrogen-bond donors (Lipinski definition) is 1. The van der Waals surface area contributed by atoms with E-state index in [2.05, 4.69) is 15.5 Å². The van der Waals surface area contributed by atoms with Gasteiger partial charge in [-0.1, -0.05) is 53.8 Å². The third-order valence-corrected chi connectivity index (χ3v) is 4.85. The van der Waals surface area contributed by atoms with E-state index in [1.165, 1.54) is 11.3 Å². The highest BCUT2D eigenvalue weighted by atomic mass is 32.2. The van der Waals surface area contributed by atoms with Crippen molar-refractivity contribution in [1.29, 1.82) is 0 Å². The third kappa shape index (κ3) is 4.12. The van der Waals surface area contributed by atoms with Gasteiger partial charge in [-0.15, -0.1) is 10.2 Å². The number of nitrogens with zero attached hydrogens (tertiary/aromatic N) is 2. The average molecular weight is 357 g/mol. The molecule has 1 aromatic heterocycles. The van der Waals surface area contributed by atoms with Gasteiger partial charge in [-0.3, -0.25) is 14.3 Å². The van der Waals surface area contributed by atoms with Gasteiger partial charge >= 0.3 is 0 Å². The highest BCUT2D eigenvalue weighted by Crippen LogP contribution is 2.26. The van der Waals surface area contributed by atoms with E-state index in [1.54, 1.807) is 24.5 Å². The van der Waals surface area contributed by atoms with Gasteiger partial charge in [0.2, 0.25) is 5.13 Å². The molecule has 0 saturated heterocycles. The molecule has 7 heteroatoms. The first-order valence-corrected chi connectivity index (χ1v) is 9.75. The van der Waals surface area contributed by atoms with E-state index in [0.29, 0.717) is 16.4 Å². The monoisotopic (exact) mass is 357 g/mol. The van der Waals surface area contributed by atoms with Gasteiger partial charge < -0.3 is 0 Å². The van der Waals surface area contributed by atoms with Crippen molar-refractivity contribution in [3.05, 3.63) is 65.7 Å². The van der Waals surface area contributed by atoms with Crippen LogP contribution in [-0.4, -0.2) is 26.6 Å². The Balaban J connectivity index is 1.73. The van der Waals surface area contributed by atoms with Crippen LogP contribution in [0.1, 0.15) is 15.9 Å². The van der Waals surface area contributed by atoms with Crippen molar-refractivity contribution in [2.75, 3.05) is 11.6 Å². The molecule has 1 heterocycles. The van der Waals surface area contributed by atoms with Gasteiger partial charge in [-0.2, -0.15) is 0 Å². The zero-order valence-electron chi connectivity index (χ0n) is 12.9. The molecule has 24 heavy (non-hydrogen) atoms. The van der Waals surface area contributed by atoms with E-state index >= 15 is 0 Å². The van der Waals surface area contributed by atoms with Gasteiger partial charge in [0.05, 0.1) is 0 Å². The van der Waals surface area contributed by atoms with Gasteiger partial charge in [-0.25, -0.2) is 0 Å². The smallest absolute Gasteiger partial charge is 0.257 e. The van der Waals surface area contributed by atoms with Crippen molar-refractivity contribution >= 4 is 33.2 Å². The van der Waals surface area contributed by atoms with Gasteiger partial charge in [-0.05, 0) is 17.7 Å². The molecule has 0 fully saturated rings. The Morgan fingerprint density at radius 3 is 2.67 bits per heavy atom. The van der Waals surface area contributed by atoms with Crippen molar-refractivity contribution in [2.45, 2.75) is 5.75 Å². The predicted molar refractivity (Wildman–Crippen MR) is 97.5 cm³/mol. The Labute approximate surface area is 146 Å². The second-order valence-electron chi connectivity index (χ2n) is 5.15. The zero-order chi connectivity index (χ0) is 16.9. The molecule has 0 spiro atoms. The first kappa shape index (κ1) is 16.5. The van der Waals surface area contributed by atoms with Gasteiger partial charge in [0, 0.05) is 33.9 Å². The van der Waals surface area contributed by atoms with Crippen LogP contribution in [-0.2, 0) is 16.6 Å². The van der Waals surface area contributed by atoms with Crippen LogP contribution in [0.2, 0.25) is 0 Å². The van der Waals surface area contributed by atoms with Crippen LogP contribution < -0.4 is 5.32 Å². The van der Waals surface area contributed by atoms with Gasteiger partial charge in [0.15, 0.2) is 0 Å². The van der Waals surface area contributed by atoms with Crippen molar-refractivity contribution in [3.63, 3.8) is 0 Å². The highest BCUT2D eigenvalue weighted by Gasteiger charge is 2.12. The molecule has 1 amide bonds. The fourth-order valence-corrected chi connectivity index (χ4v) is 3.57. The molecule has 0 bridgehead atoms. The summed E-state index contributed by atoms with van der Waals surface area (Å²) < 4.78 is 11.3. The third-order valence-electron chi connectivity index (χ3n) is 3.23. The number of hydrogen-bond acceptors (Lipinski definition) is 5. The minimum absolute atomic E-state index is 0.255. The first-order valence-electron chi connectivity index (χ1n) is 7.21. The molecule has 122 valence electrons. The van der Waals surface area contributed by atoms with Crippen molar-refractivity contribution in [3.8, 4) is 10.6 Å². The van der Waals surface area contributed by atoms with Gasteiger partial charge in [0.1, 0.15) is 5.01 Å². The molecule has 5 nitrogen and oxygen atoms in total. The number of benzene rings is 2. The normalized spacial score (nSPS) is 11.9. The fourth-order valence-electron chi connectivity index (χ4n) is 2.18. The standard InChI is InChI=1S/C17H15N3O2S2/c1-24(22)11-12-6-5-9-14(10-12)15(21)18-17-20-19-16(23-17)13-7-3-2-4-8-13/h2-10H,11H2,1H3,(H,18,20,21). The van der Waals surface area contributed by atoms with E-state index in [9.17, 15) is 9.00 Å². The molecule has 0 radical (unpaired) electrons. The number of amides is 1. The number of anilines is 1. The van der Waals surface area contributed by atoms with Gasteiger partial charge in [0.25, 0.3) is 5.91 Å². The minimum Gasteiger partial charge on any atom is -0.296 e. The topological polar surface area (TPSA) is 72.0 Å². The molecule has 1 atom stereocenters. The Morgan fingerprint density at radius 1 is 1.12 bits per heavy atom. The summed E-state index contributed by atoms with van der Waals surface area (Å²) in [5, 5.41) is 12.1. The molecule has 1 N–H and O–H groups in total. The molecule has 1 unspecified atom stereocenters. The molecule has 0 saturated carbocycles. The molecule has 3 rings (SSSR count). The van der Waals surface area contributed by atoms with Crippen LogP contribution >= 0.6 is 11.3 Å². The average Bonchev–Trinajstić information content (AvgIpc) is 3.04. The lowest BCUT2D eigenvalue weighted by atomic mass is 10.1. The summed E-state index contributed by atoms with van der Waals surface area (Å²) in [7, 11) is -0.946. The maximum atomic E-state index is 12.3. The van der Waals surface area contributed by atoms with E-state index in [-0.39, 0.29) is 5.91 Å². The lowest BCUT2D eigenvalue weighted by Crippen LogP contribution is -2.12. The van der Waals surface area contributed by atoms with Crippen molar-refractivity contribution < 1.29 is 9.00 Å². The number of rotatable bonds is 5. The second-order valence-corrected chi connectivity index (χ2v) is 7.56. The van der Waals surface area contributed by atoms with E-state index in [0.717, 1.165) is 16.1 Å². The maximum absolute atomic E-state index is 12.3. The van der Waals surface area contributed by atoms with E-state index < -0.39 is 10.8 Å². The summed E-state index contributed by atoms with van der Waals surface area (Å²) in [4.78, 5) is 12.3. The predicted octanol–water partition coefficient (Wildman–Crippen LogP) is 3.34. The van der Waals surface area contributed by atoms with Crippen molar-refractivity contribution in [2.24, 2.45) is 0 Å². The number of carbonyl (C=O) groups excluding carboxylic acids is 1. The van der Waals surface area contributed by atoms with E-state index in [4.69, 9.17) is 0 Å². The summed E-state index contributed by atoms with van der Waals surface area (Å²) in [5.41, 5.74) is 2.34. The lowest BCUT2D eigenvalue weighted by molar-refractivity contribution is 0.102. The largest absolute Gasteiger partial charge is 0.296 e. The second kappa shape index (κ2) is 7.46. The van der Waals surface area contributed by atoms with Crippen LogP contribution in [0, 0.1) is 0 Å². The van der Waals surface area contributed by atoms with Crippen LogP contribution in [0.15, 0.2) is 54.6 Å². The molecule has 0 aliphatic carbocycles. The summed E-state index contributed by atoms with van der Waals surface area (Å²) in [5.74, 6) is 0.174. The first-order chi connectivity index (χ1) is 11.6. The molecular weight excluding hydrogens is 342 g/mol. The van der Waals surface area contributed by atoms with E-state index in [1.807, 2.05) is 36.4 Å². The van der Waals surface area contributed by atoms with Crippen LogP contribution in [0.4, 0.5) is 5.13 Å². The molecular formula is C17H15N3O2S2. The summed E-state index contributed by atoms with van der Waals surface area (Å²) in [6.45, 7) is 0. The van der Waals surface area contributed by atoms with Crippen LogP contribution in [0.5, 0.6) is 0 Å². The lowest BCUT2D eigenvalue weighted by Gasteiger charge is -2.04. The van der Waals surface area contributed by atoms with Crippen molar-refractivity contribution in [1.82, 2.24) is 10.2 Å². The highest BCUT2D eigenvalue weighted by molar-refractivity contribution is 7.83. The molecule has 2 aromatic carbocycles.